The van der Waals surface area contributed by atoms with Crippen LogP contribution in [-0.4, -0.2) is 42.0 Å². The van der Waals surface area contributed by atoms with Crippen molar-refractivity contribution in [3.8, 4) is 0 Å². The van der Waals surface area contributed by atoms with Crippen molar-refractivity contribution in [1.82, 2.24) is 9.62 Å². The van der Waals surface area contributed by atoms with Gasteiger partial charge in [0.05, 0.1) is 17.0 Å². The van der Waals surface area contributed by atoms with Crippen molar-refractivity contribution < 1.29 is 30.8 Å². The molecule has 0 radical (unpaired) electrons. The topological polar surface area (TPSA) is 78.8 Å². The molecule has 5 aliphatic rings. The summed E-state index contributed by atoms with van der Waals surface area (Å²) in [6, 6.07) is 9.02. The Kier molecular flexibility index (Phi) is 6.23. The van der Waals surface area contributed by atoms with Crippen molar-refractivity contribution in [3.05, 3.63) is 65.5 Å². The highest BCUT2D eigenvalue weighted by atomic mass is 32.2. The molecule has 1 heterocycles. The van der Waals surface area contributed by atoms with Crippen LogP contribution in [0.3, 0.4) is 0 Å². The molecular formula is C29H31F4N3O3S. The van der Waals surface area contributed by atoms with Crippen LogP contribution >= 0.6 is 0 Å². The first-order chi connectivity index (χ1) is 18.7. The lowest BCUT2D eigenvalue weighted by atomic mass is 9.38. The molecule has 7 rings (SSSR count). The molecule has 40 heavy (non-hydrogen) atoms. The number of amidine groups is 1. The summed E-state index contributed by atoms with van der Waals surface area (Å²) in [7, 11) is -4.10. The lowest BCUT2D eigenvalue weighted by molar-refractivity contribution is -0.151. The fourth-order valence-corrected chi connectivity index (χ4v) is 8.43. The van der Waals surface area contributed by atoms with E-state index >= 15 is 0 Å². The summed E-state index contributed by atoms with van der Waals surface area (Å²) >= 11 is 0. The van der Waals surface area contributed by atoms with Crippen molar-refractivity contribution in [2.24, 2.45) is 16.3 Å². The van der Waals surface area contributed by atoms with Gasteiger partial charge in [0.15, 0.2) is 5.78 Å². The molecule has 2 aromatic carbocycles. The molecule has 4 fully saturated rings. The van der Waals surface area contributed by atoms with Crippen molar-refractivity contribution in [2.75, 3.05) is 6.54 Å². The Morgan fingerprint density at radius 3 is 2.23 bits per heavy atom. The first-order valence-electron chi connectivity index (χ1n) is 13.6. The fraction of sp³-hybridized carbons (Fsp3) is 0.517. The van der Waals surface area contributed by atoms with Gasteiger partial charge in [-0.25, -0.2) is 12.8 Å². The molecule has 1 atom stereocenters. The van der Waals surface area contributed by atoms with E-state index in [1.54, 1.807) is 0 Å². The van der Waals surface area contributed by atoms with E-state index in [4.69, 9.17) is 4.99 Å². The smallest absolute Gasteiger partial charge is 0.360 e. The number of alkyl halides is 3. The molecule has 11 heteroatoms. The number of benzene rings is 2. The average molecular weight is 578 g/mol. The van der Waals surface area contributed by atoms with E-state index in [1.807, 2.05) is 6.92 Å². The standard InChI is InChI=1S/C29H31F4N3O3S/c1-26(24(37)13-19-3-2-4-19)18-34-25(35-26)27-15-28(16-27,17-27)36(40(38,39)23-11-9-22(30)10-12-23)14-20-5-7-21(8-6-20)29(31,32)33/h5-12,19H,2-4,13-18H2,1H3,(H,34,35)/t26-,27?,28?/m1/s1. The summed E-state index contributed by atoms with van der Waals surface area (Å²) < 4.78 is 81.8. The summed E-state index contributed by atoms with van der Waals surface area (Å²) in [6.45, 7) is 2.11. The van der Waals surface area contributed by atoms with E-state index in [0.29, 0.717) is 43.7 Å². The maximum atomic E-state index is 13.8. The van der Waals surface area contributed by atoms with E-state index in [1.165, 1.54) is 35.0 Å². The Labute approximate surface area is 230 Å². The van der Waals surface area contributed by atoms with Gasteiger partial charge in [-0.1, -0.05) is 31.4 Å². The third-order valence-electron chi connectivity index (χ3n) is 9.30. The molecule has 0 amide bonds. The van der Waals surface area contributed by atoms with Gasteiger partial charge in [0.1, 0.15) is 17.2 Å². The number of nitrogens with zero attached hydrogens (tertiary/aromatic N) is 2. The molecule has 4 saturated carbocycles. The number of carbonyl (C=O) groups is 1. The summed E-state index contributed by atoms with van der Waals surface area (Å²) in [5, 5.41) is 3.39. The number of ketones is 1. The highest BCUT2D eigenvalue weighted by Crippen LogP contribution is 2.71. The summed E-state index contributed by atoms with van der Waals surface area (Å²) in [5.74, 6) is 0.773. The second-order valence-electron chi connectivity index (χ2n) is 12.2. The van der Waals surface area contributed by atoms with Crippen LogP contribution in [0.15, 0.2) is 58.4 Å². The number of rotatable bonds is 9. The van der Waals surface area contributed by atoms with Gasteiger partial charge in [0.25, 0.3) is 0 Å². The molecule has 0 saturated heterocycles. The Hall–Kier alpha value is -2.79. The van der Waals surface area contributed by atoms with Crippen molar-refractivity contribution in [3.63, 3.8) is 0 Å². The van der Waals surface area contributed by atoms with Crippen LogP contribution < -0.4 is 5.32 Å². The molecule has 1 aliphatic heterocycles. The molecule has 2 aromatic rings. The van der Waals surface area contributed by atoms with Crippen LogP contribution in [0.2, 0.25) is 0 Å². The molecule has 1 N–H and O–H groups in total. The third-order valence-corrected chi connectivity index (χ3v) is 11.3. The predicted molar refractivity (Wildman–Crippen MR) is 140 cm³/mol. The Balaban J connectivity index is 1.22. The zero-order valence-electron chi connectivity index (χ0n) is 22.1. The number of sulfonamides is 1. The lowest BCUT2D eigenvalue weighted by Crippen LogP contribution is -2.78. The normalized spacial score (nSPS) is 29.7. The highest BCUT2D eigenvalue weighted by molar-refractivity contribution is 7.89. The van der Waals surface area contributed by atoms with E-state index in [9.17, 15) is 30.8 Å². The molecular weight excluding hydrogens is 546 g/mol. The summed E-state index contributed by atoms with van der Waals surface area (Å²) in [6.07, 6.45) is 0.832. The molecule has 214 valence electrons. The minimum atomic E-state index is -4.50. The lowest BCUT2D eigenvalue weighted by Gasteiger charge is -2.73. The summed E-state index contributed by atoms with van der Waals surface area (Å²) in [4.78, 5) is 17.6. The van der Waals surface area contributed by atoms with Gasteiger partial charge in [-0.15, -0.1) is 0 Å². The monoisotopic (exact) mass is 577 g/mol. The molecule has 2 bridgehead atoms. The second-order valence-corrected chi connectivity index (χ2v) is 14.1. The maximum Gasteiger partial charge on any atom is 0.416 e. The average Bonchev–Trinajstić information content (AvgIpc) is 3.22. The van der Waals surface area contributed by atoms with Gasteiger partial charge >= 0.3 is 6.18 Å². The molecule has 6 nitrogen and oxygen atoms in total. The van der Waals surface area contributed by atoms with Gasteiger partial charge in [0, 0.05) is 23.9 Å². The molecule has 4 aliphatic carbocycles. The number of halogens is 4. The third kappa shape index (κ3) is 4.45. The highest BCUT2D eigenvalue weighted by Gasteiger charge is 2.75. The maximum absolute atomic E-state index is 13.8. The fourth-order valence-electron chi connectivity index (χ4n) is 6.68. The Morgan fingerprint density at radius 2 is 1.68 bits per heavy atom. The minimum Gasteiger partial charge on any atom is -0.360 e. The minimum absolute atomic E-state index is 0.0786. The number of hydrogen-bond donors (Lipinski definition) is 1. The predicted octanol–water partition coefficient (Wildman–Crippen LogP) is 5.48. The van der Waals surface area contributed by atoms with Gasteiger partial charge in [-0.2, -0.15) is 17.5 Å². The van der Waals surface area contributed by atoms with Gasteiger partial charge in [-0.05, 0) is 74.1 Å². The van der Waals surface area contributed by atoms with E-state index in [0.717, 1.165) is 42.9 Å². The number of aliphatic imine (C=N–C) groups is 1. The SMILES string of the molecule is C[C@]1(C(=O)CC2CCC2)CN=C(C23CC(N(Cc4ccc(C(F)(F)F)cc4)S(=O)(=O)c4ccc(F)cc4)(C2)C3)N1. The van der Waals surface area contributed by atoms with Gasteiger partial charge in [-0.3, -0.25) is 9.79 Å². The number of nitrogens with one attached hydrogen (secondary N) is 1. The number of Topliss-reactive ketones (excluding diaryl/α,β-unsaturated/α-hetero) is 1. The molecule has 0 spiro atoms. The Morgan fingerprint density at radius 1 is 1.05 bits per heavy atom. The van der Waals surface area contributed by atoms with Crippen LogP contribution in [0.1, 0.15) is 63.0 Å². The van der Waals surface area contributed by atoms with Crippen molar-refractivity contribution in [1.29, 1.82) is 0 Å². The van der Waals surface area contributed by atoms with E-state index in [2.05, 4.69) is 5.32 Å². The summed E-state index contributed by atoms with van der Waals surface area (Å²) in [5.41, 5.74) is -2.25. The zero-order chi connectivity index (χ0) is 28.6. The van der Waals surface area contributed by atoms with Crippen LogP contribution in [0.5, 0.6) is 0 Å². The van der Waals surface area contributed by atoms with Gasteiger partial charge < -0.3 is 5.32 Å². The largest absolute Gasteiger partial charge is 0.416 e. The quantitative estimate of drug-likeness (QED) is 0.401. The zero-order valence-corrected chi connectivity index (χ0v) is 22.9. The number of hydrogen-bond acceptors (Lipinski definition) is 5. The molecule has 0 aromatic heterocycles. The first kappa shape index (κ1) is 27.4. The van der Waals surface area contributed by atoms with Crippen LogP contribution in [0.4, 0.5) is 17.6 Å². The molecule has 0 unspecified atom stereocenters. The van der Waals surface area contributed by atoms with Crippen LogP contribution in [-0.2, 0) is 27.5 Å². The number of carbonyl (C=O) groups excluding carboxylic acids is 1. The second kappa shape index (κ2) is 9.11. The van der Waals surface area contributed by atoms with Crippen LogP contribution in [0.25, 0.3) is 0 Å². The van der Waals surface area contributed by atoms with E-state index in [-0.39, 0.29) is 22.6 Å². The first-order valence-corrected chi connectivity index (χ1v) is 15.0. The van der Waals surface area contributed by atoms with E-state index < -0.39 is 38.7 Å². The van der Waals surface area contributed by atoms with Crippen molar-refractivity contribution in [2.45, 2.75) is 80.6 Å². The van der Waals surface area contributed by atoms with Crippen LogP contribution in [0, 0.1) is 17.2 Å². The van der Waals surface area contributed by atoms with Crippen molar-refractivity contribution >= 4 is 21.6 Å². The van der Waals surface area contributed by atoms with Gasteiger partial charge in [0.2, 0.25) is 10.0 Å². The Bertz CT molecular complexity index is 1450.